The van der Waals surface area contributed by atoms with E-state index >= 15 is 0 Å². The molecule has 1 aromatic carbocycles. The summed E-state index contributed by atoms with van der Waals surface area (Å²) in [4.78, 5) is 10.3. The number of nitro benzene ring substituents is 1. The molecule has 0 aliphatic heterocycles. The van der Waals surface area contributed by atoms with E-state index < -0.39 is 4.92 Å². The van der Waals surface area contributed by atoms with Crippen molar-refractivity contribution >= 4 is 52.1 Å². The Morgan fingerprint density at radius 1 is 1.43 bits per heavy atom. The second-order valence-electron chi connectivity index (χ2n) is 4.43. The van der Waals surface area contributed by atoms with Gasteiger partial charge in [-0.2, -0.15) is 11.8 Å². The summed E-state index contributed by atoms with van der Waals surface area (Å²) in [5.41, 5.74) is 0.357. The number of non-ortho nitro benzene ring substituents is 1. The molecule has 0 radical (unpaired) electrons. The molecule has 0 saturated heterocycles. The molecule has 0 spiro atoms. The lowest BCUT2D eigenvalue weighted by Crippen LogP contribution is -2.30. The van der Waals surface area contributed by atoms with E-state index in [1.807, 2.05) is 12.1 Å². The maximum absolute atomic E-state index is 10.8. The number of nitrogens with one attached hydrogen (secondary N) is 2. The predicted octanol–water partition coefficient (Wildman–Crippen LogP) is 4.06. The average molecular weight is 372 g/mol. The lowest BCUT2D eigenvalue weighted by molar-refractivity contribution is -0.384. The minimum Gasteiger partial charge on any atom is -0.468 e. The zero-order valence-electron chi connectivity index (χ0n) is 12.0. The number of hydrogen-bond acceptors (Lipinski definition) is 5. The Bertz CT molecular complexity index is 680. The van der Waals surface area contributed by atoms with Crippen molar-refractivity contribution in [3.05, 3.63) is 57.5 Å². The van der Waals surface area contributed by atoms with Crippen LogP contribution in [0.25, 0.3) is 0 Å². The molecule has 6 nitrogen and oxygen atoms in total. The lowest BCUT2D eigenvalue weighted by Gasteiger charge is -2.11. The largest absolute Gasteiger partial charge is 0.468 e. The molecular weight excluding hydrogens is 358 g/mol. The fourth-order valence-corrected chi connectivity index (χ4v) is 2.83. The summed E-state index contributed by atoms with van der Waals surface area (Å²) < 4.78 is 5.23. The quantitative estimate of drug-likeness (QED) is 0.328. The third-order valence-electron chi connectivity index (χ3n) is 2.77. The smallest absolute Gasteiger partial charge is 0.271 e. The van der Waals surface area contributed by atoms with Gasteiger partial charge in [0.1, 0.15) is 5.76 Å². The summed E-state index contributed by atoms with van der Waals surface area (Å²) in [6.45, 7) is 0.657. The normalized spacial score (nSPS) is 10.3. The first-order valence-electron chi connectivity index (χ1n) is 6.65. The van der Waals surface area contributed by atoms with Gasteiger partial charge in [-0.1, -0.05) is 11.6 Å². The van der Waals surface area contributed by atoms with Crippen LogP contribution in [-0.4, -0.2) is 22.3 Å². The van der Waals surface area contributed by atoms with Crippen LogP contribution in [0.3, 0.4) is 0 Å². The first kappa shape index (κ1) is 17.6. The highest BCUT2D eigenvalue weighted by atomic mass is 35.5. The Kier molecular flexibility index (Phi) is 6.69. The molecule has 23 heavy (non-hydrogen) atoms. The summed E-state index contributed by atoms with van der Waals surface area (Å²) in [5.74, 6) is 2.57. The molecule has 0 aliphatic rings. The van der Waals surface area contributed by atoms with Gasteiger partial charge < -0.3 is 15.1 Å². The van der Waals surface area contributed by atoms with E-state index in [9.17, 15) is 10.1 Å². The fourth-order valence-electron chi connectivity index (χ4n) is 1.69. The molecule has 0 atom stereocenters. The van der Waals surface area contributed by atoms with E-state index in [0.29, 0.717) is 22.4 Å². The number of anilines is 1. The average Bonchev–Trinajstić information content (AvgIpc) is 3.02. The predicted molar refractivity (Wildman–Crippen MR) is 97.2 cm³/mol. The van der Waals surface area contributed by atoms with E-state index in [1.165, 1.54) is 18.2 Å². The molecule has 2 aromatic rings. The molecular formula is C14H14ClN3O3S2. The third-order valence-corrected chi connectivity index (χ3v) is 4.32. The van der Waals surface area contributed by atoms with Gasteiger partial charge in [-0.3, -0.25) is 10.1 Å². The van der Waals surface area contributed by atoms with Crippen molar-refractivity contribution in [3.63, 3.8) is 0 Å². The maximum atomic E-state index is 10.8. The summed E-state index contributed by atoms with van der Waals surface area (Å²) in [6, 6.07) is 7.94. The molecule has 0 bridgehead atoms. The van der Waals surface area contributed by atoms with E-state index in [4.69, 9.17) is 28.2 Å². The van der Waals surface area contributed by atoms with Crippen molar-refractivity contribution in [1.82, 2.24) is 5.32 Å². The van der Waals surface area contributed by atoms with Gasteiger partial charge in [0.2, 0.25) is 0 Å². The Morgan fingerprint density at radius 3 is 2.96 bits per heavy atom. The van der Waals surface area contributed by atoms with Crippen molar-refractivity contribution in [2.45, 2.75) is 5.75 Å². The van der Waals surface area contributed by atoms with Crippen molar-refractivity contribution in [2.24, 2.45) is 0 Å². The van der Waals surface area contributed by atoms with Crippen LogP contribution in [0.5, 0.6) is 0 Å². The van der Waals surface area contributed by atoms with Crippen LogP contribution in [0.1, 0.15) is 5.76 Å². The van der Waals surface area contributed by atoms with Crippen molar-refractivity contribution in [2.75, 3.05) is 17.6 Å². The zero-order valence-corrected chi connectivity index (χ0v) is 14.3. The van der Waals surface area contributed by atoms with E-state index in [1.54, 1.807) is 18.0 Å². The molecule has 0 amide bonds. The number of nitro groups is 1. The topological polar surface area (TPSA) is 80.3 Å². The second-order valence-corrected chi connectivity index (χ2v) is 6.35. The van der Waals surface area contributed by atoms with Gasteiger partial charge in [-0.25, -0.2) is 0 Å². The molecule has 0 fully saturated rings. The van der Waals surface area contributed by atoms with Crippen LogP contribution in [0.2, 0.25) is 5.02 Å². The van der Waals surface area contributed by atoms with Gasteiger partial charge in [-0.15, -0.1) is 0 Å². The molecule has 9 heteroatoms. The van der Waals surface area contributed by atoms with Crippen LogP contribution in [0.15, 0.2) is 41.0 Å². The number of benzene rings is 1. The second kappa shape index (κ2) is 8.76. The summed E-state index contributed by atoms with van der Waals surface area (Å²) in [5, 5.41) is 17.4. The SMILES string of the molecule is O=[N+]([O-])c1ccc(Cl)c(NC(=S)NCCSCc2ccco2)c1. The van der Waals surface area contributed by atoms with Crippen molar-refractivity contribution in [3.8, 4) is 0 Å². The number of rotatable bonds is 7. The van der Waals surface area contributed by atoms with Crippen molar-refractivity contribution in [1.29, 1.82) is 0 Å². The summed E-state index contributed by atoms with van der Waals surface area (Å²) >= 11 is 12.9. The third kappa shape index (κ3) is 5.74. The maximum Gasteiger partial charge on any atom is 0.271 e. The first-order chi connectivity index (χ1) is 11.1. The minimum atomic E-state index is -0.483. The Morgan fingerprint density at radius 2 is 2.26 bits per heavy atom. The molecule has 2 N–H and O–H groups in total. The summed E-state index contributed by atoms with van der Waals surface area (Å²) in [7, 11) is 0. The number of thioether (sulfide) groups is 1. The Balaban J connectivity index is 1.74. The monoisotopic (exact) mass is 371 g/mol. The van der Waals surface area contributed by atoms with Crippen molar-refractivity contribution < 1.29 is 9.34 Å². The lowest BCUT2D eigenvalue weighted by atomic mass is 10.3. The van der Waals surface area contributed by atoms with Gasteiger partial charge in [0.15, 0.2) is 5.11 Å². The van der Waals surface area contributed by atoms with Gasteiger partial charge in [0.05, 0.1) is 27.6 Å². The molecule has 122 valence electrons. The standard InChI is InChI=1S/C14H14ClN3O3S2/c15-12-4-3-10(18(19)20)8-13(12)17-14(22)16-5-7-23-9-11-2-1-6-21-11/h1-4,6,8H,5,7,9H2,(H2,16,17,22). The number of thiocarbonyl (C=S) groups is 1. The number of hydrogen-bond donors (Lipinski definition) is 2. The number of nitrogens with zero attached hydrogens (tertiary/aromatic N) is 1. The molecule has 0 unspecified atom stereocenters. The highest BCUT2D eigenvalue weighted by Gasteiger charge is 2.10. The van der Waals surface area contributed by atoms with Crippen LogP contribution in [-0.2, 0) is 5.75 Å². The zero-order chi connectivity index (χ0) is 16.7. The van der Waals surface area contributed by atoms with Gasteiger partial charge >= 0.3 is 0 Å². The van der Waals surface area contributed by atoms with Crippen LogP contribution >= 0.6 is 35.6 Å². The molecule has 1 heterocycles. The van der Waals surface area contributed by atoms with Gasteiger partial charge in [0, 0.05) is 24.4 Å². The highest BCUT2D eigenvalue weighted by molar-refractivity contribution is 7.98. The minimum absolute atomic E-state index is 0.0475. The van der Waals surface area contributed by atoms with E-state index in [-0.39, 0.29) is 5.69 Å². The highest BCUT2D eigenvalue weighted by Crippen LogP contribution is 2.26. The molecule has 1 aromatic heterocycles. The van der Waals surface area contributed by atoms with Gasteiger partial charge in [-0.05, 0) is 30.4 Å². The first-order valence-corrected chi connectivity index (χ1v) is 8.59. The van der Waals surface area contributed by atoms with Crippen LogP contribution < -0.4 is 10.6 Å². The molecule has 2 rings (SSSR count). The van der Waals surface area contributed by atoms with Crippen LogP contribution in [0, 0.1) is 10.1 Å². The molecule has 0 saturated carbocycles. The van der Waals surface area contributed by atoms with Gasteiger partial charge in [0.25, 0.3) is 5.69 Å². The Labute approximate surface area is 147 Å². The summed E-state index contributed by atoms with van der Waals surface area (Å²) in [6.07, 6.45) is 1.65. The Hall–Kier alpha value is -1.77. The number of furan rings is 1. The number of halogens is 1. The van der Waals surface area contributed by atoms with Crippen LogP contribution in [0.4, 0.5) is 11.4 Å². The van der Waals surface area contributed by atoms with E-state index in [2.05, 4.69) is 10.6 Å². The fraction of sp³-hybridized carbons (Fsp3) is 0.214. The van der Waals surface area contributed by atoms with E-state index in [0.717, 1.165) is 17.3 Å². The molecule has 0 aliphatic carbocycles.